The summed E-state index contributed by atoms with van der Waals surface area (Å²) in [5.41, 5.74) is 0.110. The van der Waals surface area contributed by atoms with E-state index >= 15 is 0 Å². The van der Waals surface area contributed by atoms with E-state index in [0.717, 1.165) is 12.6 Å². The summed E-state index contributed by atoms with van der Waals surface area (Å²) >= 11 is 0. The van der Waals surface area contributed by atoms with Crippen molar-refractivity contribution in [3.05, 3.63) is 35.4 Å². The van der Waals surface area contributed by atoms with E-state index in [0.29, 0.717) is 12.1 Å². The summed E-state index contributed by atoms with van der Waals surface area (Å²) in [5.74, 6) is 0. The van der Waals surface area contributed by atoms with Crippen LogP contribution in [0.25, 0.3) is 0 Å². The predicted octanol–water partition coefficient (Wildman–Crippen LogP) is 3.16. The summed E-state index contributed by atoms with van der Waals surface area (Å²) < 4.78 is 37.1. The van der Waals surface area contributed by atoms with Gasteiger partial charge in [-0.2, -0.15) is 13.2 Å². The molecule has 0 radical (unpaired) electrons. The Kier molecular flexibility index (Phi) is 3.74. The van der Waals surface area contributed by atoms with Crippen LogP contribution in [0.3, 0.4) is 0 Å². The maximum absolute atomic E-state index is 12.4. The second-order valence-electron chi connectivity index (χ2n) is 3.53. The fourth-order valence-corrected chi connectivity index (χ4v) is 1.27. The van der Waals surface area contributed by atoms with Gasteiger partial charge in [0, 0.05) is 6.54 Å². The van der Waals surface area contributed by atoms with Crippen LogP contribution >= 0.6 is 0 Å². The molecule has 1 aromatic rings. The van der Waals surface area contributed by atoms with Gasteiger partial charge in [0.25, 0.3) is 0 Å². The van der Waals surface area contributed by atoms with Crippen molar-refractivity contribution in [2.24, 2.45) is 0 Å². The topological polar surface area (TPSA) is 3.24 Å². The molecule has 0 heterocycles. The second kappa shape index (κ2) is 4.66. The quantitative estimate of drug-likeness (QED) is 0.751. The first-order chi connectivity index (χ1) is 6.93. The van der Waals surface area contributed by atoms with E-state index in [9.17, 15) is 13.2 Å². The van der Waals surface area contributed by atoms with E-state index in [1.165, 1.54) is 12.1 Å². The largest absolute Gasteiger partial charge is 0.416 e. The molecule has 0 aliphatic rings. The van der Waals surface area contributed by atoms with Crippen LogP contribution in [-0.2, 0) is 12.7 Å². The van der Waals surface area contributed by atoms with Crippen LogP contribution < -0.4 is 0 Å². The van der Waals surface area contributed by atoms with Gasteiger partial charge < -0.3 is 4.90 Å². The minimum Gasteiger partial charge on any atom is -0.302 e. The minimum atomic E-state index is -4.25. The van der Waals surface area contributed by atoms with Gasteiger partial charge in [0.1, 0.15) is 0 Å². The third kappa shape index (κ3) is 3.55. The summed E-state index contributed by atoms with van der Waals surface area (Å²) in [6, 6.07) is 5.45. The van der Waals surface area contributed by atoms with Crippen LogP contribution in [0.5, 0.6) is 0 Å². The zero-order valence-electron chi connectivity index (χ0n) is 8.80. The van der Waals surface area contributed by atoms with E-state index in [2.05, 4.69) is 0 Å². The smallest absolute Gasteiger partial charge is 0.302 e. The van der Waals surface area contributed by atoms with Gasteiger partial charge in [-0.15, -0.1) is 0 Å². The summed E-state index contributed by atoms with van der Waals surface area (Å²) in [4.78, 5) is 1.95. The molecule has 1 aromatic carbocycles. The van der Waals surface area contributed by atoms with Crippen molar-refractivity contribution in [3.8, 4) is 0 Å². The lowest BCUT2D eigenvalue weighted by Gasteiger charge is -2.15. The first-order valence-corrected chi connectivity index (χ1v) is 4.78. The van der Waals surface area contributed by atoms with Crippen molar-refractivity contribution < 1.29 is 13.2 Å². The molecule has 0 amide bonds. The van der Waals surface area contributed by atoms with Crippen LogP contribution in [0.15, 0.2) is 24.3 Å². The van der Waals surface area contributed by atoms with E-state index in [4.69, 9.17) is 0 Å². The SMILES string of the molecule is CCN(C)Cc1cccc(C(F)(F)F)c1. The molecule has 0 saturated heterocycles. The predicted molar refractivity (Wildman–Crippen MR) is 53.5 cm³/mol. The van der Waals surface area contributed by atoms with Crippen molar-refractivity contribution in [2.75, 3.05) is 13.6 Å². The number of nitrogens with zero attached hydrogens (tertiary/aromatic N) is 1. The molecule has 15 heavy (non-hydrogen) atoms. The van der Waals surface area contributed by atoms with Crippen LogP contribution in [0.1, 0.15) is 18.1 Å². The molecule has 0 spiro atoms. The van der Waals surface area contributed by atoms with Gasteiger partial charge in [-0.25, -0.2) is 0 Å². The van der Waals surface area contributed by atoms with Crippen LogP contribution in [0.2, 0.25) is 0 Å². The molecule has 84 valence electrons. The summed E-state index contributed by atoms with van der Waals surface area (Å²) in [7, 11) is 1.88. The first kappa shape index (κ1) is 12.0. The van der Waals surface area contributed by atoms with Crippen molar-refractivity contribution >= 4 is 0 Å². The number of benzene rings is 1. The van der Waals surface area contributed by atoms with E-state index in [1.807, 2.05) is 18.9 Å². The maximum Gasteiger partial charge on any atom is 0.416 e. The molecule has 0 bridgehead atoms. The molecule has 0 fully saturated rings. The van der Waals surface area contributed by atoms with Crippen molar-refractivity contribution in [1.82, 2.24) is 4.90 Å². The van der Waals surface area contributed by atoms with Crippen molar-refractivity contribution in [3.63, 3.8) is 0 Å². The Bertz CT molecular complexity index is 320. The molecule has 1 nitrogen and oxygen atoms in total. The van der Waals surface area contributed by atoms with Gasteiger partial charge >= 0.3 is 6.18 Å². The van der Waals surface area contributed by atoms with Gasteiger partial charge in [-0.1, -0.05) is 25.1 Å². The Morgan fingerprint density at radius 2 is 1.93 bits per heavy atom. The van der Waals surface area contributed by atoms with Gasteiger partial charge in [-0.3, -0.25) is 0 Å². The second-order valence-corrected chi connectivity index (χ2v) is 3.53. The average Bonchev–Trinajstić information content (AvgIpc) is 2.17. The lowest BCUT2D eigenvalue weighted by atomic mass is 10.1. The highest BCUT2D eigenvalue weighted by atomic mass is 19.4. The van der Waals surface area contributed by atoms with Crippen LogP contribution in [0.4, 0.5) is 13.2 Å². The fraction of sp³-hybridized carbons (Fsp3) is 0.455. The number of hydrogen-bond donors (Lipinski definition) is 0. The third-order valence-electron chi connectivity index (χ3n) is 2.25. The highest BCUT2D eigenvalue weighted by Crippen LogP contribution is 2.29. The number of rotatable bonds is 3. The first-order valence-electron chi connectivity index (χ1n) is 4.78. The van der Waals surface area contributed by atoms with Crippen LogP contribution in [0, 0.1) is 0 Å². The molecular formula is C11H14F3N. The number of halogens is 3. The molecular weight excluding hydrogens is 203 g/mol. The average molecular weight is 217 g/mol. The summed E-state index contributed by atoms with van der Waals surface area (Å²) in [5, 5.41) is 0. The third-order valence-corrected chi connectivity index (χ3v) is 2.25. The molecule has 0 aromatic heterocycles. The van der Waals surface area contributed by atoms with Gasteiger partial charge in [0.15, 0.2) is 0 Å². The van der Waals surface area contributed by atoms with E-state index in [-0.39, 0.29) is 0 Å². The van der Waals surface area contributed by atoms with Gasteiger partial charge in [-0.05, 0) is 25.2 Å². The van der Waals surface area contributed by atoms with Gasteiger partial charge in [0.05, 0.1) is 5.56 Å². The van der Waals surface area contributed by atoms with Crippen molar-refractivity contribution in [1.29, 1.82) is 0 Å². The Morgan fingerprint density at radius 1 is 1.27 bits per heavy atom. The van der Waals surface area contributed by atoms with Crippen LogP contribution in [-0.4, -0.2) is 18.5 Å². The van der Waals surface area contributed by atoms with Gasteiger partial charge in [0.2, 0.25) is 0 Å². The zero-order chi connectivity index (χ0) is 11.5. The van der Waals surface area contributed by atoms with Crippen molar-refractivity contribution in [2.45, 2.75) is 19.6 Å². The highest BCUT2D eigenvalue weighted by Gasteiger charge is 2.30. The molecule has 4 heteroatoms. The summed E-state index contributed by atoms with van der Waals surface area (Å²) in [6.07, 6.45) is -4.25. The molecule has 0 atom stereocenters. The van der Waals surface area contributed by atoms with E-state index in [1.54, 1.807) is 6.07 Å². The fourth-order valence-electron chi connectivity index (χ4n) is 1.27. The monoisotopic (exact) mass is 217 g/mol. The Morgan fingerprint density at radius 3 is 2.47 bits per heavy atom. The number of hydrogen-bond acceptors (Lipinski definition) is 1. The zero-order valence-corrected chi connectivity index (χ0v) is 8.80. The normalized spacial score (nSPS) is 12.1. The molecule has 1 rings (SSSR count). The Labute approximate surface area is 87.5 Å². The Hall–Kier alpha value is -1.03. The maximum atomic E-state index is 12.4. The molecule has 0 unspecified atom stereocenters. The lowest BCUT2D eigenvalue weighted by molar-refractivity contribution is -0.137. The van der Waals surface area contributed by atoms with E-state index < -0.39 is 11.7 Å². The molecule has 0 aliphatic carbocycles. The Balaban J connectivity index is 2.84. The molecule has 0 aliphatic heterocycles. The number of alkyl halides is 3. The summed E-state index contributed by atoms with van der Waals surface area (Å²) in [6.45, 7) is 3.32. The minimum absolute atomic E-state index is 0.542. The lowest BCUT2D eigenvalue weighted by Crippen LogP contribution is -2.17. The standard InChI is InChI=1S/C11H14F3N/c1-3-15(2)8-9-5-4-6-10(7-9)11(12,13)14/h4-7H,3,8H2,1-2H3. The molecule has 0 N–H and O–H groups in total. The highest BCUT2D eigenvalue weighted by molar-refractivity contribution is 5.25. The molecule has 0 saturated carbocycles.